The van der Waals surface area contributed by atoms with E-state index in [0.29, 0.717) is 27.0 Å². The smallest absolute Gasteiger partial charge is 0.282 e. The summed E-state index contributed by atoms with van der Waals surface area (Å²) in [6.45, 7) is 3.73. The molecule has 0 unspecified atom stereocenters. The molecule has 0 fully saturated rings. The number of nitrogens with one attached hydrogen (secondary N) is 1. The lowest BCUT2D eigenvalue weighted by Crippen LogP contribution is -2.33. The second-order valence-electron chi connectivity index (χ2n) is 6.69. The van der Waals surface area contributed by atoms with E-state index in [1.54, 1.807) is 30.3 Å². The topological polar surface area (TPSA) is 49.4 Å². The van der Waals surface area contributed by atoms with E-state index in [9.17, 15) is 9.59 Å². The van der Waals surface area contributed by atoms with Gasteiger partial charge in [0.2, 0.25) is 0 Å². The van der Waals surface area contributed by atoms with Crippen LogP contribution in [0.5, 0.6) is 0 Å². The van der Waals surface area contributed by atoms with Crippen molar-refractivity contribution < 1.29 is 9.59 Å². The van der Waals surface area contributed by atoms with Gasteiger partial charge in [0, 0.05) is 20.6 Å². The number of benzene rings is 2. The molecule has 3 aromatic rings. The number of carbonyl (C=O) groups is 2. The number of nitrogens with zero attached hydrogens (tertiary/aromatic N) is 1. The molecule has 2 heterocycles. The van der Waals surface area contributed by atoms with Crippen molar-refractivity contribution in [1.82, 2.24) is 0 Å². The molecule has 2 aromatic carbocycles. The number of imide groups is 1. The molecule has 146 valence electrons. The summed E-state index contributed by atoms with van der Waals surface area (Å²) in [4.78, 5) is 28.7. The Morgan fingerprint density at radius 1 is 0.897 bits per heavy atom. The summed E-state index contributed by atoms with van der Waals surface area (Å²) >= 11 is 13.6. The van der Waals surface area contributed by atoms with Crippen LogP contribution in [0.15, 0.2) is 59.6 Å². The van der Waals surface area contributed by atoms with Crippen LogP contribution in [0.3, 0.4) is 0 Å². The summed E-state index contributed by atoms with van der Waals surface area (Å²) in [6, 6.07) is 14.1. The standard InChI is InChI=1S/C22H16Cl2N2O2S/c1-12-5-6-15(24)11-16(12)25-20-19(18-4-3-9-29-18)21(27)26(22(20)28)17-8-7-14(23)10-13(17)2/h3-11,25H,1-2H3. The number of aryl methyl sites for hydroxylation is 2. The fourth-order valence-corrected chi connectivity index (χ4v) is 4.41. The molecular weight excluding hydrogens is 427 g/mol. The Hall–Kier alpha value is -2.60. The summed E-state index contributed by atoms with van der Waals surface area (Å²) in [6.07, 6.45) is 0. The van der Waals surface area contributed by atoms with Crippen LogP contribution in [0, 0.1) is 13.8 Å². The zero-order valence-corrected chi connectivity index (χ0v) is 18.0. The first kappa shape index (κ1) is 19.7. The van der Waals surface area contributed by atoms with Crippen molar-refractivity contribution in [3.8, 4) is 0 Å². The minimum Gasteiger partial charge on any atom is -0.350 e. The van der Waals surface area contributed by atoms with E-state index in [-0.39, 0.29) is 11.6 Å². The molecule has 4 rings (SSSR count). The Morgan fingerprint density at radius 3 is 2.31 bits per heavy atom. The predicted molar refractivity (Wildman–Crippen MR) is 120 cm³/mol. The van der Waals surface area contributed by atoms with E-state index < -0.39 is 5.91 Å². The van der Waals surface area contributed by atoms with Crippen LogP contribution < -0.4 is 10.2 Å². The van der Waals surface area contributed by atoms with Gasteiger partial charge in [-0.3, -0.25) is 9.59 Å². The van der Waals surface area contributed by atoms with Gasteiger partial charge in [-0.2, -0.15) is 0 Å². The van der Waals surface area contributed by atoms with Crippen molar-refractivity contribution in [2.24, 2.45) is 0 Å². The van der Waals surface area contributed by atoms with Gasteiger partial charge in [-0.25, -0.2) is 4.90 Å². The van der Waals surface area contributed by atoms with Crippen LogP contribution in [0.4, 0.5) is 11.4 Å². The zero-order chi connectivity index (χ0) is 20.7. The van der Waals surface area contributed by atoms with E-state index in [4.69, 9.17) is 23.2 Å². The predicted octanol–water partition coefficient (Wildman–Crippen LogP) is 6.07. The summed E-state index contributed by atoms with van der Waals surface area (Å²) in [5.41, 5.74) is 3.42. The van der Waals surface area contributed by atoms with Gasteiger partial charge in [-0.05, 0) is 66.8 Å². The van der Waals surface area contributed by atoms with Crippen molar-refractivity contribution in [3.63, 3.8) is 0 Å². The normalized spacial score (nSPS) is 14.1. The van der Waals surface area contributed by atoms with Crippen LogP contribution in [-0.2, 0) is 9.59 Å². The van der Waals surface area contributed by atoms with Crippen molar-refractivity contribution in [3.05, 3.63) is 85.7 Å². The lowest BCUT2D eigenvalue weighted by atomic mass is 10.1. The van der Waals surface area contributed by atoms with Crippen LogP contribution in [0.1, 0.15) is 16.0 Å². The highest BCUT2D eigenvalue weighted by Gasteiger charge is 2.41. The second-order valence-corrected chi connectivity index (χ2v) is 8.51. The number of anilines is 2. The van der Waals surface area contributed by atoms with E-state index >= 15 is 0 Å². The SMILES string of the molecule is Cc1ccc(Cl)cc1NC1=C(c2cccs2)C(=O)N(c2ccc(Cl)cc2C)C1=O. The number of carbonyl (C=O) groups excluding carboxylic acids is 2. The van der Waals surface area contributed by atoms with E-state index in [1.165, 1.54) is 16.2 Å². The molecule has 4 nitrogen and oxygen atoms in total. The molecular formula is C22H16Cl2N2O2S. The maximum absolute atomic E-state index is 13.4. The van der Waals surface area contributed by atoms with Gasteiger partial charge in [-0.1, -0.05) is 35.3 Å². The average molecular weight is 443 g/mol. The minimum atomic E-state index is -0.414. The third kappa shape index (κ3) is 3.57. The first-order valence-corrected chi connectivity index (χ1v) is 10.5. The lowest BCUT2D eigenvalue weighted by Gasteiger charge is -2.18. The van der Waals surface area contributed by atoms with Crippen molar-refractivity contribution in [2.45, 2.75) is 13.8 Å². The maximum atomic E-state index is 13.4. The summed E-state index contributed by atoms with van der Waals surface area (Å²) in [5, 5.41) is 6.12. The number of thiophene rings is 1. The summed E-state index contributed by atoms with van der Waals surface area (Å²) < 4.78 is 0. The largest absolute Gasteiger partial charge is 0.350 e. The van der Waals surface area contributed by atoms with E-state index in [1.807, 2.05) is 37.4 Å². The van der Waals surface area contributed by atoms with Crippen molar-refractivity contribution in [1.29, 1.82) is 0 Å². The third-order valence-corrected chi connectivity index (χ3v) is 6.07. The molecule has 2 amide bonds. The van der Waals surface area contributed by atoms with Crippen molar-refractivity contribution in [2.75, 3.05) is 10.2 Å². The second kappa shape index (κ2) is 7.67. The summed E-state index contributed by atoms with van der Waals surface area (Å²) in [5.74, 6) is -0.784. The van der Waals surface area contributed by atoms with Gasteiger partial charge in [0.1, 0.15) is 5.70 Å². The number of hydrogen-bond donors (Lipinski definition) is 1. The Morgan fingerprint density at radius 2 is 1.62 bits per heavy atom. The fourth-order valence-electron chi connectivity index (χ4n) is 3.25. The van der Waals surface area contributed by atoms with Crippen molar-refractivity contribution >= 4 is 63.3 Å². The van der Waals surface area contributed by atoms with Crippen LogP contribution in [0.25, 0.3) is 5.57 Å². The number of rotatable bonds is 4. The van der Waals surface area contributed by atoms with Crippen LogP contribution >= 0.6 is 34.5 Å². The first-order chi connectivity index (χ1) is 13.9. The van der Waals surface area contributed by atoms with E-state index in [0.717, 1.165) is 16.0 Å². The number of amides is 2. The third-order valence-electron chi connectivity index (χ3n) is 4.71. The highest BCUT2D eigenvalue weighted by atomic mass is 35.5. The zero-order valence-electron chi connectivity index (χ0n) is 15.6. The molecule has 7 heteroatoms. The Balaban J connectivity index is 1.84. The Bertz CT molecular complexity index is 1170. The molecule has 0 aliphatic carbocycles. The van der Waals surface area contributed by atoms with Gasteiger partial charge >= 0.3 is 0 Å². The monoisotopic (exact) mass is 442 g/mol. The van der Waals surface area contributed by atoms with Gasteiger partial charge in [0.05, 0.1) is 11.3 Å². The molecule has 0 spiro atoms. The first-order valence-electron chi connectivity index (χ1n) is 8.83. The summed E-state index contributed by atoms with van der Waals surface area (Å²) in [7, 11) is 0. The van der Waals surface area contributed by atoms with Crippen LogP contribution in [-0.4, -0.2) is 11.8 Å². The van der Waals surface area contributed by atoms with Gasteiger partial charge < -0.3 is 5.32 Å². The highest BCUT2D eigenvalue weighted by molar-refractivity contribution is 7.11. The molecule has 0 saturated heterocycles. The number of hydrogen-bond acceptors (Lipinski definition) is 4. The molecule has 29 heavy (non-hydrogen) atoms. The van der Waals surface area contributed by atoms with Gasteiger partial charge in [0.15, 0.2) is 0 Å². The van der Waals surface area contributed by atoms with Crippen LogP contribution in [0.2, 0.25) is 10.0 Å². The minimum absolute atomic E-state index is 0.233. The Labute approximate surface area is 182 Å². The fraction of sp³-hybridized carbons (Fsp3) is 0.0909. The maximum Gasteiger partial charge on any atom is 0.282 e. The number of halogens is 2. The Kier molecular flexibility index (Phi) is 5.21. The molecule has 0 atom stereocenters. The molecule has 0 radical (unpaired) electrons. The molecule has 0 bridgehead atoms. The molecule has 1 aromatic heterocycles. The van der Waals surface area contributed by atoms with Gasteiger partial charge in [0.25, 0.3) is 11.8 Å². The lowest BCUT2D eigenvalue weighted by molar-refractivity contribution is -0.120. The van der Waals surface area contributed by atoms with E-state index in [2.05, 4.69) is 5.32 Å². The molecule has 1 N–H and O–H groups in total. The molecule has 0 saturated carbocycles. The average Bonchev–Trinajstić information content (AvgIpc) is 3.27. The quantitative estimate of drug-likeness (QED) is 0.498. The van der Waals surface area contributed by atoms with Gasteiger partial charge in [-0.15, -0.1) is 11.3 Å². The molecule has 1 aliphatic rings. The molecule has 1 aliphatic heterocycles. The highest BCUT2D eigenvalue weighted by Crippen LogP contribution is 2.37.